The highest BCUT2D eigenvalue weighted by molar-refractivity contribution is 9.10. The van der Waals surface area contributed by atoms with Gasteiger partial charge in [-0.3, -0.25) is 0 Å². The molecule has 84 valence electrons. The second kappa shape index (κ2) is 6.13. The first kappa shape index (κ1) is 12.5. The van der Waals surface area contributed by atoms with Crippen molar-refractivity contribution >= 4 is 15.9 Å². The minimum Gasteiger partial charge on any atom is -0.495 e. The van der Waals surface area contributed by atoms with Crippen molar-refractivity contribution < 1.29 is 9.84 Å². The second-order valence-corrected chi connectivity index (χ2v) is 4.31. The standard InChI is InChI=1S/C12H17BrO2/c1-3-9-7-10(5-4-6-14)12(15-2)11(13)8-9/h7-8,14H,3-6H2,1-2H3. The SMILES string of the molecule is CCc1cc(Br)c(OC)c(CCCO)c1. The van der Waals surface area contributed by atoms with Crippen molar-refractivity contribution in [1.82, 2.24) is 0 Å². The number of aryl methyl sites for hydroxylation is 2. The molecular weight excluding hydrogens is 256 g/mol. The molecule has 1 N–H and O–H groups in total. The number of rotatable bonds is 5. The Morgan fingerprint density at radius 3 is 2.67 bits per heavy atom. The first-order valence-corrected chi connectivity index (χ1v) is 5.98. The van der Waals surface area contributed by atoms with Crippen LogP contribution in [-0.4, -0.2) is 18.8 Å². The highest BCUT2D eigenvalue weighted by Crippen LogP contribution is 2.31. The first-order chi connectivity index (χ1) is 7.22. The van der Waals surface area contributed by atoms with Crippen LogP contribution in [0.5, 0.6) is 5.75 Å². The quantitative estimate of drug-likeness (QED) is 0.893. The minimum absolute atomic E-state index is 0.219. The third-order valence-corrected chi connectivity index (χ3v) is 2.99. The highest BCUT2D eigenvalue weighted by atomic mass is 79.9. The minimum atomic E-state index is 0.219. The summed E-state index contributed by atoms with van der Waals surface area (Å²) in [4.78, 5) is 0. The van der Waals surface area contributed by atoms with Gasteiger partial charge in [0.15, 0.2) is 0 Å². The summed E-state index contributed by atoms with van der Waals surface area (Å²) < 4.78 is 6.34. The van der Waals surface area contributed by atoms with Crippen molar-refractivity contribution in [2.24, 2.45) is 0 Å². The van der Waals surface area contributed by atoms with Gasteiger partial charge in [-0.05, 0) is 52.4 Å². The molecule has 1 aromatic carbocycles. The van der Waals surface area contributed by atoms with Crippen molar-refractivity contribution in [2.75, 3.05) is 13.7 Å². The molecule has 0 saturated heterocycles. The number of benzene rings is 1. The normalized spacial score (nSPS) is 10.4. The number of ether oxygens (including phenoxy) is 1. The van der Waals surface area contributed by atoms with E-state index in [9.17, 15) is 0 Å². The third kappa shape index (κ3) is 3.21. The molecule has 0 bridgehead atoms. The average molecular weight is 273 g/mol. The number of methoxy groups -OCH3 is 1. The molecule has 0 aliphatic carbocycles. The van der Waals surface area contributed by atoms with Crippen LogP contribution in [0.2, 0.25) is 0 Å². The van der Waals surface area contributed by atoms with E-state index in [1.165, 1.54) is 5.56 Å². The van der Waals surface area contributed by atoms with Crippen LogP contribution < -0.4 is 4.74 Å². The van der Waals surface area contributed by atoms with Gasteiger partial charge in [0.25, 0.3) is 0 Å². The number of halogens is 1. The van der Waals surface area contributed by atoms with Crippen molar-refractivity contribution in [3.05, 3.63) is 27.7 Å². The predicted molar refractivity (Wildman–Crippen MR) is 65.5 cm³/mol. The summed E-state index contributed by atoms with van der Waals surface area (Å²) in [7, 11) is 1.67. The number of hydrogen-bond acceptors (Lipinski definition) is 2. The smallest absolute Gasteiger partial charge is 0.136 e. The highest BCUT2D eigenvalue weighted by Gasteiger charge is 2.08. The van der Waals surface area contributed by atoms with Gasteiger partial charge in [-0.2, -0.15) is 0 Å². The molecule has 0 radical (unpaired) electrons. The Morgan fingerprint density at radius 2 is 2.13 bits per heavy atom. The largest absolute Gasteiger partial charge is 0.495 e. The summed E-state index contributed by atoms with van der Waals surface area (Å²) in [6.07, 6.45) is 2.64. The van der Waals surface area contributed by atoms with E-state index in [0.717, 1.165) is 35.0 Å². The Hall–Kier alpha value is -0.540. The van der Waals surface area contributed by atoms with E-state index >= 15 is 0 Å². The summed E-state index contributed by atoms with van der Waals surface area (Å²) in [5, 5.41) is 8.83. The lowest BCUT2D eigenvalue weighted by Crippen LogP contribution is -1.97. The lowest BCUT2D eigenvalue weighted by molar-refractivity contribution is 0.287. The maximum Gasteiger partial charge on any atom is 0.136 e. The Morgan fingerprint density at radius 1 is 1.40 bits per heavy atom. The van der Waals surface area contributed by atoms with Crippen LogP contribution in [0.3, 0.4) is 0 Å². The number of aliphatic hydroxyl groups excluding tert-OH is 1. The van der Waals surface area contributed by atoms with Gasteiger partial charge >= 0.3 is 0 Å². The molecule has 0 heterocycles. The predicted octanol–water partition coefficient (Wildman–Crippen LogP) is 2.95. The lowest BCUT2D eigenvalue weighted by atomic mass is 10.0. The third-order valence-electron chi connectivity index (χ3n) is 2.40. The van der Waals surface area contributed by atoms with E-state index in [0.29, 0.717) is 0 Å². The number of hydrogen-bond donors (Lipinski definition) is 1. The van der Waals surface area contributed by atoms with Gasteiger partial charge in [-0.1, -0.05) is 13.0 Å². The fourth-order valence-corrected chi connectivity index (χ4v) is 2.31. The monoisotopic (exact) mass is 272 g/mol. The molecule has 3 heteroatoms. The van der Waals surface area contributed by atoms with Crippen LogP contribution in [0, 0.1) is 0 Å². The van der Waals surface area contributed by atoms with Gasteiger partial charge in [-0.15, -0.1) is 0 Å². The van der Waals surface area contributed by atoms with E-state index in [4.69, 9.17) is 9.84 Å². The first-order valence-electron chi connectivity index (χ1n) is 5.19. The van der Waals surface area contributed by atoms with Crippen LogP contribution in [-0.2, 0) is 12.8 Å². The Balaban J connectivity index is 3.02. The maximum atomic E-state index is 8.83. The Kier molecular flexibility index (Phi) is 5.12. The zero-order valence-corrected chi connectivity index (χ0v) is 10.8. The van der Waals surface area contributed by atoms with Gasteiger partial charge < -0.3 is 9.84 Å². The van der Waals surface area contributed by atoms with Gasteiger partial charge in [0.2, 0.25) is 0 Å². The van der Waals surface area contributed by atoms with Gasteiger partial charge in [0.05, 0.1) is 11.6 Å². The lowest BCUT2D eigenvalue weighted by Gasteiger charge is -2.12. The number of aliphatic hydroxyl groups is 1. The Labute approximate surface area is 99.4 Å². The van der Waals surface area contributed by atoms with E-state index in [1.54, 1.807) is 7.11 Å². The molecule has 0 aliphatic rings. The molecule has 1 rings (SSSR count). The van der Waals surface area contributed by atoms with E-state index in [-0.39, 0.29) is 6.61 Å². The molecule has 0 aliphatic heterocycles. The molecule has 0 fully saturated rings. The topological polar surface area (TPSA) is 29.5 Å². The molecule has 15 heavy (non-hydrogen) atoms. The van der Waals surface area contributed by atoms with Crippen molar-refractivity contribution in [3.63, 3.8) is 0 Å². The summed E-state index contributed by atoms with van der Waals surface area (Å²) in [5.74, 6) is 0.889. The summed E-state index contributed by atoms with van der Waals surface area (Å²) >= 11 is 3.50. The van der Waals surface area contributed by atoms with Crippen LogP contribution in [0.15, 0.2) is 16.6 Å². The van der Waals surface area contributed by atoms with E-state index < -0.39 is 0 Å². The molecule has 2 nitrogen and oxygen atoms in total. The molecule has 1 aromatic rings. The fraction of sp³-hybridized carbons (Fsp3) is 0.500. The Bertz CT molecular complexity index is 324. The summed E-state index contributed by atoms with van der Waals surface area (Å²) in [6.45, 7) is 2.35. The second-order valence-electron chi connectivity index (χ2n) is 3.45. The van der Waals surface area contributed by atoms with Crippen LogP contribution in [0.25, 0.3) is 0 Å². The molecular formula is C12H17BrO2. The molecule has 0 atom stereocenters. The molecule has 0 saturated carbocycles. The van der Waals surface area contributed by atoms with Gasteiger partial charge in [-0.25, -0.2) is 0 Å². The van der Waals surface area contributed by atoms with Crippen molar-refractivity contribution in [1.29, 1.82) is 0 Å². The van der Waals surface area contributed by atoms with Gasteiger partial charge in [0.1, 0.15) is 5.75 Å². The maximum absolute atomic E-state index is 8.83. The molecule has 0 unspecified atom stereocenters. The van der Waals surface area contributed by atoms with Crippen molar-refractivity contribution in [3.8, 4) is 5.75 Å². The zero-order chi connectivity index (χ0) is 11.3. The summed E-state index contributed by atoms with van der Waals surface area (Å²) in [6, 6.07) is 4.24. The fourth-order valence-electron chi connectivity index (χ4n) is 1.60. The van der Waals surface area contributed by atoms with E-state index in [1.807, 2.05) is 0 Å². The zero-order valence-electron chi connectivity index (χ0n) is 9.22. The molecule has 0 spiro atoms. The van der Waals surface area contributed by atoms with Crippen LogP contribution in [0.1, 0.15) is 24.5 Å². The van der Waals surface area contributed by atoms with Gasteiger partial charge in [0, 0.05) is 6.61 Å². The average Bonchev–Trinajstić information content (AvgIpc) is 2.25. The molecule has 0 amide bonds. The van der Waals surface area contributed by atoms with Crippen molar-refractivity contribution in [2.45, 2.75) is 26.2 Å². The van der Waals surface area contributed by atoms with Crippen LogP contribution in [0.4, 0.5) is 0 Å². The van der Waals surface area contributed by atoms with Crippen LogP contribution >= 0.6 is 15.9 Å². The summed E-state index contributed by atoms with van der Waals surface area (Å²) in [5.41, 5.74) is 2.45. The van der Waals surface area contributed by atoms with E-state index in [2.05, 4.69) is 35.0 Å². The molecule has 0 aromatic heterocycles.